The van der Waals surface area contributed by atoms with Gasteiger partial charge in [-0.3, -0.25) is 9.36 Å². The van der Waals surface area contributed by atoms with Gasteiger partial charge in [-0.25, -0.2) is 4.98 Å². The van der Waals surface area contributed by atoms with E-state index in [4.69, 9.17) is 16.3 Å². The summed E-state index contributed by atoms with van der Waals surface area (Å²) in [5, 5.41) is 8.25. The molecule has 4 aromatic rings. The molecule has 0 spiro atoms. The largest absolute Gasteiger partial charge is 0.457 e. The number of hydrogen-bond donors (Lipinski definition) is 2. The molecular weight excluding hydrogens is 424 g/mol. The quantitative estimate of drug-likeness (QED) is 0.385. The number of halogens is 1. The predicted octanol–water partition coefficient (Wildman–Crippen LogP) is 5.45. The summed E-state index contributed by atoms with van der Waals surface area (Å²) in [4.78, 5) is 17.1. The summed E-state index contributed by atoms with van der Waals surface area (Å²) in [6, 6.07) is 17.3. The number of nitrogens with one attached hydrogen (secondary N) is 2. The van der Waals surface area contributed by atoms with Crippen LogP contribution in [0.2, 0.25) is 5.02 Å². The predicted molar refractivity (Wildman–Crippen MR) is 127 cm³/mol. The minimum absolute atomic E-state index is 0.0190. The van der Waals surface area contributed by atoms with Crippen LogP contribution in [-0.2, 0) is 0 Å². The molecular formula is C25H23ClN4O2. The molecule has 1 aliphatic heterocycles. The molecule has 3 heterocycles. The molecule has 162 valence electrons. The summed E-state index contributed by atoms with van der Waals surface area (Å²) in [6.07, 6.45) is 4.61. The maximum Gasteiger partial charge on any atom is 0.162 e. The van der Waals surface area contributed by atoms with E-state index < -0.39 is 0 Å². The minimum atomic E-state index is -0.0190. The fourth-order valence-electron chi connectivity index (χ4n) is 4.09. The Kier molecular flexibility index (Phi) is 5.55. The van der Waals surface area contributed by atoms with Gasteiger partial charge in [0.15, 0.2) is 5.78 Å². The van der Waals surface area contributed by atoms with Gasteiger partial charge in [-0.05, 0) is 50.2 Å². The van der Waals surface area contributed by atoms with Crippen molar-refractivity contribution in [1.82, 2.24) is 14.9 Å². The number of fused-ring (bicyclic) bond motifs is 1. The number of pyridine rings is 1. The number of benzene rings is 2. The Morgan fingerprint density at radius 3 is 2.75 bits per heavy atom. The lowest BCUT2D eigenvalue weighted by molar-refractivity contribution is 0.101. The molecule has 0 amide bonds. The number of carbonyl (C=O) groups excluding carboxylic acids is 1. The van der Waals surface area contributed by atoms with E-state index in [-0.39, 0.29) is 5.78 Å². The minimum Gasteiger partial charge on any atom is -0.457 e. The molecule has 7 heteroatoms. The van der Waals surface area contributed by atoms with Crippen molar-refractivity contribution in [2.45, 2.75) is 19.4 Å². The molecule has 1 saturated heterocycles. The highest BCUT2D eigenvalue weighted by molar-refractivity contribution is 6.32. The van der Waals surface area contributed by atoms with Gasteiger partial charge in [0, 0.05) is 42.3 Å². The zero-order valence-electron chi connectivity index (χ0n) is 17.6. The van der Waals surface area contributed by atoms with Gasteiger partial charge in [-0.15, -0.1) is 0 Å². The van der Waals surface area contributed by atoms with Crippen molar-refractivity contribution in [2.75, 3.05) is 18.4 Å². The van der Waals surface area contributed by atoms with Gasteiger partial charge in [-0.2, -0.15) is 0 Å². The van der Waals surface area contributed by atoms with E-state index in [0.29, 0.717) is 28.0 Å². The molecule has 0 saturated carbocycles. The van der Waals surface area contributed by atoms with Crippen LogP contribution in [0.3, 0.4) is 0 Å². The lowest BCUT2D eigenvalue weighted by Crippen LogP contribution is -2.22. The molecule has 1 atom stereocenters. The van der Waals surface area contributed by atoms with Gasteiger partial charge in [0.05, 0.1) is 16.1 Å². The summed E-state index contributed by atoms with van der Waals surface area (Å²) in [5.74, 6) is 1.35. The van der Waals surface area contributed by atoms with Gasteiger partial charge in [0.25, 0.3) is 0 Å². The van der Waals surface area contributed by atoms with E-state index in [0.717, 1.165) is 42.0 Å². The first-order chi connectivity index (χ1) is 15.6. The standard InChI is InChI=1S/C25H23ClN4O2/c1-16(31)20-15-30(25-24(20)22(10-12-28-25)29-17-9-11-27-14-17)23-8-7-19(13-21(23)26)32-18-5-3-2-4-6-18/h2-8,10,12-13,15,17,27H,9,11,14H2,1H3,(H,28,29)/t17-/m1/s1. The van der Waals surface area contributed by atoms with Crippen LogP contribution in [0.4, 0.5) is 5.69 Å². The average molecular weight is 447 g/mol. The average Bonchev–Trinajstić information content (AvgIpc) is 3.43. The van der Waals surface area contributed by atoms with Crippen LogP contribution in [0, 0.1) is 0 Å². The number of Topliss-reactive ketones (excluding diaryl/α,β-unsaturated/α-hetero) is 1. The van der Waals surface area contributed by atoms with Crippen LogP contribution >= 0.6 is 11.6 Å². The van der Waals surface area contributed by atoms with Crippen molar-refractivity contribution in [3.63, 3.8) is 0 Å². The van der Waals surface area contributed by atoms with Crippen LogP contribution in [0.5, 0.6) is 11.5 Å². The van der Waals surface area contributed by atoms with Crippen LogP contribution < -0.4 is 15.4 Å². The van der Waals surface area contributed by atoms with Crippen molar-refractivity contribution in [2.24, 2.45) is 0 Å². The summed E-state index contributed by atoms with van der Waals surface area (Å²) in [7, 11) is 0. The summed E-state index contributed by atoms with van der Waals surface area (Å²) < 4.78 is 7.77. The summed E-state index contributed by atoms with van der Waals surface area (Å²) >= 11 is 6.66. The van der Waals surface area contributed by atoms with Crippen LogP contribution in [0.25, 0.3) is 16.7 Å². The molecule has 1 fully saturated rings. The molecule has 32 heavy (non-hydrogen) atoms. The van der Waals surface area contributed by atoms with E-state index in [1.54, 1.807) is 19.2 Å². The second-order valence-corrected chi connectivity index (χ2v) is 8.30. The van der Waals surface area contributed by atoms with Crippen LogP contribution in [-0.4, -0.2) is 34.5 Å². The highest BCUT2D eigenvalue weighted by Crippen LogP contribution is 2.35. The molecule has 1 aliphatic rings. The highest BCUT2D eigenvalue weighted by atomic mass is 35.5. The van der Waals surface area contributed by atoms with E-state index in [1.807, 2.05) is 59.3 Å². The van der Waals surface area contributed by atoms with Crippen molar-refractivity contribution in [1.29, 1.82) is 0 Å². The first kappa shape index (κ1) is 20.5. The molecule has 0 aliphatic carbocycles. The number of ether oxygens (including phenoxy) is 1. The first-order valence-corrected chi connectivity index (χ1v) is 11.0. The van der Waals surface area contributed by atoms with Gasteiger partial charge in [0.2, 0.25) is 0 Å². The van der Waals surface area contributed by atoms with E-state index in [1.165, 1.54) is 0 Å². The highest BCUT2D eigenvalue weighted by Gasteiger charge is 2.21. The van der Waals surface area contributed by atoms with Crippen molar-refractivity contribution >= 4 is 34.1 Å². The number of carbonyl (C=O) groups is 1. The molecule has 0 bridgehead atoms. The topological polar surface area (TPSA) is 68.2 Å². The number of aromatic nitrogens is 2. The zero-order valence-corrected chi connectivity index (χ0v) is 18.4. The molecule has 2 aromatic carbocycles. The lowest BCUT2D eigenvalue weighted by Gasteiger charge is -2.15. The van der Waals surface area contributed by atoms with E-state index in [9.17, 15) is 4.79 Å². The lowest BCUT2D eigenvalue weighted by atomic mass is 10.1. The Labute approximate surface area is 191 Å². The number of anilines is 1. The third-order valence-electron chi connectivity index (χ3n) is 5.64. The molecule has 0 unspecified atom stereocenters. The molecule has 2 N–H and O–H groups in total. The van der Waals surface area contributed by atoms with E-state index >= 15 is 0 Å². The molecule has 5 rings (SSSR count). The van der Waals surface area contributed by atoms with Crippen molar-refractivity contribution in [3.05, 3.63) is 77.6 Å². The maximum atomic E-state index is 12.5. The molecule has 0 radical (unpaired) electrons. The Morgan fingerprint density at radius 1 is 1.19 bits per heavy atom. The Bertz CT molecular complexity index is 1280. The Morgan fingerprint density at radius 2 is 2.03 bits per heavy atom. The van der Waals surface area contributed by atoms with Gasteiger partial charge >= 0.3 is 0 Å². The van der Waals surface area contributed by atoms with Gasteiger partial charge < -0.3 is 15.4 Å². The van der Waals surface area contributed by atoms with Crippen molar-refractivity contribution in [3.8, 4) is 17.2 Å². The molecule has 2 aromatic heterocycles. The van der Waals surface area contributed by atoms with Crippen molar-refractivity contribution < 1.29 is 9.53 Å². The number of hydrogen-bond acceptors (Lipinski definition) is 5. The smallest absolute Gasteiger partial charge is 0.162 e. The molecule has 6 nitrogen and oxygen atoms in total. The monoisotopic (exact) mass is 446 g/mol. The first-order valence-electron chi connectivity index (χ1n) is 10.6. The van der Waals surface area contributed by atoms with Crippen LogP contribution in [0.15, 0.2) is 67.0 Å². The third-order valence-corrected chi connectivity index (χ3v) is 5.95. The van der Waals surface area contributed by atoms with E-state index in [2.05, 4.69) is 15.6 Å². The fraction of sp³-hybridized carbons (Fsp3) is 0.200. The number of rotatable bonds is 6. The van der Waals surface area contributed by atoms with Gasteiger partial charge in [-0.1, -0.05) is 29.8 Å². The summed E-state index contributed by atoms with van der Waals surface area (Å²) in [6.45, 7) is 3.46. The number of nitrogens with zero attached hydrogens (tertiary/aromatic N) is 2. The Balaban J connectivity index is 1.56. The van der Waals surface area contributed by atoms with Gasteiger partial charge in [0.1, 0.15) is 17.1 Å². The zero-order chi connectivity index (χ0) is 22.1. The summed E-state index contributed by atoms with van der Waals surface area (Å²) in [5.41, 5.74) is 2.94. The normalized spacial score (nSPS) is 15.8. The fourth-order valence-corrected chi connectivity index (χ4v) is 4.36. The second-order valence-electron chi connectivity index (χ2n) is 7.89. The number of ketones is 1. The Hall–Kier alpha value is -3.35. The second kappa shape index (κ2) is 8.65. The third kappa shape index (κ3) is 3.95. The SMILES string of the molecule is CC(=O)c1cn(-c2ccc(Oc3ccccc3)cc2Cl)c2nccc(N[C@@H]3CCNC3)c12. The maximum absolute atomic E-state index is 12.5. The van der Waals surface area contributed by atoms with Crippen LogP contribution in [0.1, 0.15) is 23.7 Å². The number of para-hydroxylation sites is 1.